The van der Waals surface area contributed by atoms with Gasteiger partial charge in [-0.1, -0.05) is 53.3 Å². The SMILES string of the molecule is C=C(C)C(=C)OCOC1C2CC3C1OS(=O)(=O)C3C2.C=C(C)C(=O)OC1(C(C)C)C2CC3CC(C2)CC1C3.C=C(C)C(=O)OC1(C)C2CC3CC(C2)CC1C3.C=C(C)C(=O)OC1(C)CCCC1.C=C(C)C(=O)OC1CCOC1=O.O. The summed E-state index contributed by atoms with van der Waals surface area (Å²) >= 11 is 0. The highest BCUT2D eigenvalue weighted by molar-refractivity contribution is 7.87. The largest absolute Gasteiger partial charge is 0.468 e. The molecule has 17 heteroatoms. The number of esters is 5. The van der Waals surface area contributed by atoms with E-state index in [1.54, 1.807) is 27.7 Å². The fraction of sp³-hybridized carbons (Fsp3) is 0.730. The molecule has 13 rings (SSSR count). The third kappa shape index (κ3) is 14.2. The van der Waals surface area contributed by atoms with Crippen molar-refractivity contribution in [3.05, 3.63) is 73.1 Å². The molecule has 0 aromatic rings. The van der Waals surface area contributed by atoms with Gasteiger partial charge < -0.3 is 38.6 Å². The summed E-state index contributed by atoms with van der Waals surface area (Å²) in [6.45, 7) is 39.3. The van der Waals surface area contributed by atoms with Crippen molar-refractivity contribution in [2.75, 3.05) is 13.4 Å². The van der Waals surface area contributed by atoms with E-state index in [1.807, 2.05) is 6.92 Å². The third-order valence-electron chi connectivity index (χ3n) is 19.6. The second-order valence-electron chi connectivity index (χ2n) is 26.2. The highest BCUT2D eigenvalue weighted by Gasteiger charge is 2.65. The Hall–Kier alpha value is -4.58. The van der Waals surface area contributed by atoms with Crippen LogP contribution >= 0.6 is 0 Å². The van der Waals surface area contributed by atoms with Crippen LogP contribution in [0.3, 0.4) is 0 Å². The van der Waals surface area contributed by atoms with Crippen molar-refractivity contribution in [2.24, 2.45) is 65.1 Å². The second-order valence-corrected chi connectivity index (χ2v) is 28.0. The van der Waals surface area contributed by atoms with E-state index in [0.717, 1.165) is 48.5 Å². The van der Waals surface area contributed by atoms with Crippen molar-refractivity contribution in [1.29, 1.82) is 0 Å². The van der Waals surface area contributed by atoms with Crippen LogP contribution in [0.2, 0.25) is 0 Å². The molecule has 0 radical (unpaired) electrons. The molecule has 0 aromatic carbocycles. The summed E-state index contributed by atoms with van der Waals surface area (Å²) in [4.78, 5) is 56.8. The molecular formula is C63H94O16S. The van der Waals surface area contributed by atoms with E-state index in [0.29, 0.717) is 71.5 Å². The average Bonchev–Trinajstić information content (AvgIpc) is 4.02. The van der Waals surface area contributed by atoms with Gasteiger partial charge in [0.15, 0.2) is 6.79 Å². The number of allylic oxidation sites excluding steroid dienone is 1. The van der Waals surface area contributed by atoms with Gasteiger partial charge in [0.25, 0.3) is 10.1 Å². The topological polar surface area (TPSA) is 225 Å². The first-order valence-corrected chi connectivity index (χ1v) is 30.6. The summed E-state index contributed by atoms with van der Waals surface area (Å²) in [5.74, 6) is 5.63. The van der Waals surface area contributed by atoms with Gasteiger partial charge in [0.05, 0.1) is 18.0 Å². The number of hydrogen-bond acceptors (Lipinski definition) is 15. The quantitative estimate of drug-likeness (QED) is 0.0300. The summed E-state index contributed by atoms with van der Waals surface area (Å²) in [7, 11) is -3.37. The minimum absolute atomic E-state index is 0. The maximum absolute atomic E-state index is 12.1. The van der Waals surface area contributed by atoms with Gasteiger partial charge in [0.2, 0.25) is 6.10 Å². The Morgan fingerprint density at radius 1 is 0.625 bits per heavy atom. The Morgan fingerprint density at radius 2 is 1.09 bits per heavy atom. The van der Waals surface area contributed by atoms with Crippen LogP contribution in [0.15, 0.2) is 73.1 Å². The number of carbonyl (C=O) groups is 5. The van der Waals surface area contributed by atoms with Crippen molar-refractivity contribution < 1.29 is 75.2 Å². The molecule has 2 N–H and O–H groups in total. The Kier molecular flexibility index (Phi) is 20.9. The van der Waals surface area contributed by atoms with Crippen molar-refractivity contribution >= 4 is 40.0 Å². The normalized spacial score (nSPS) is 36.5. The molecule has 11 saturated carbocycles. The minimum Gasteiger partial charge on any atom is -0.468 e. The molecule has 0 amide bonds. The first-order valence-electron chi connectivity index (χ1n) is 29.2. The number of hydrogen-bond donors (Lipinski definition) is 0. The molecule has 10 bridgehead atoms. The van der Waals surface area contributed by atoms with Crippen molar-refractivity contribution in [1.82, 2.24) is 0 Å². The van der Waals surface area contributed by atoms with Crippen LogP contribution in [0.4, 0.5) is 0 Å². The van der Waals surface area contributed by atoms with E-state index in [9.17, 15) is 32.4 Å². The maximum atomic E-state index is 12.1. The van der Waals surface area contributed by atoms with E-state index in [2.05, 4.69) is 65.0 Å². The maximum Gasteiger partial charge on any atom is 0.347 e. The average molecular weight is 1140 g/mol. The molecule has 13 aliphatic rings. The molecule has 448 valence electrons. The van der Waals surface area contributed by atoms with Crippen LogP contribution in [0, 0.1) is 65.1 Å². The van der Waals surface area contributed by atoms with Gasteiger partial charge in [0, 0.05) is 34.6 Å². The lowest BCUT2D eigenvalue weighted by molar-refractivity contribution is -0.221. The Balaban J connectivity index is 0.000000163. The van der Waals surface area contributed by atoms with E-state index in [-0.39, 0.29) is 81.8 Å². The van der Waals surface area contributed by atoms with Gasteiger partial charge in [-0.25, -0.2) is 24.0 Å². The fourth-order valence-electron chi connectivity index (χ4n) is 15.7. The molecule has 2 aliphatic heterocycles. The molecule has 13 fully saturated rings. The van der Waals surface area contributed by atoms with E-state index in [1.165, 1.54) is 84.0 Å². The van der Waals surface area contributed by atoms with Crippen LogP contribution in [-0.4, -0.2) is 97.5 Å². The molecule has 6 atom stereocenters. The summed E-state index contributed by atoms with van der Waals surface area (Å²) in [6.07, 6.45) is 18.1. The number of fused-ring (bicyclic) bond motifs is 1. The molecule has 0 spiro atoms. The molecule has 6 unspecified atom stereocenters. The van der Waals surface area contributed by atoms with Crippen LogP contribution in [0.25, 0.3) is 0 Å². The minimum atomic E-state index is -3.37. The van der Waals surface area contributed by atoms with Gasteiger partial charge in [-0.05, 0) is 216 Å². The van der Waals surface area contributed by atoms with E-state index in [4.69, 9.17) is 32.6 Å². The number of rotatable bonds is 14. The van der Waals surface area contributed by atoms with Crippen molar-refractivity contribution in [3.8, 4) is 0 Å². The van der Waals surface area contributed by atoms with Crippen molar-refractivity contribution in [3.63, 3.8) is 0 Å². The molecular weight excluding hydrogens is 1040 g/mol. The molecule has 2 saturated heterocycles. The second kappa shape index (κ2) is 25.9. The highest BCUT2D eigenvalue weighted by atomic mass is 32.2. The molecule has 0 aromatic heterocycles. The summed E-state index contributed by atoms with van der Waals surface area (Å²) in [5.41, 5.74) is 1.96. The van der Waals surface area contributed by atoms with Gasteiger partial charge in [0.1, 0.15) is 28.7 Å². The first kappa shape index (κ1) is 64.6. The Morgan fingerprint density at radius 3 is 1.52 bits per heavy atom. The standard InChI is InChI=1S/C17H26O2.C15H22O2.C13H18O5S.C10H16O2.C8H10O4.H2O/c1-10(2)16(18)19-17(11(3)4)14-6-12-5-13(8-14)9-15(17)7-12;1-9(2)14(16)17-15(3)12-5-10-4-11(7-12)8-13(15)6-10;1-7(2)8(3)16-6-17-12-9-4-10-11(5-9)19(14,15)18-13(10)12;1-8(2)9(11)12-10(3)6-4-5-7-10;1-5(2)7(9)12-6-3-4-11-8(6)10;/h11-15H,1,5-9H2,2-4H3;10-13H,1,4-8H2,2-3H3;9-13H,1,3-6H2,2H3;1,4-7H2,2-3H3;6H,1,3-4H2,2H3;1H2. The lowest BCUT2D eigenvalue weighted by atomic mass is 9.47. The van der Waals surface area contributed by atoms with Crippen LogP contribution < -0.4 is 0 Å². The molecule has 80 heavy (non-hydrogen) atoms. The summed E-state index contributed by atoms with van der Waals surface area (Å²) in [5, 5.41) is -0.311. The fourth-order valence-corrected chi connectivity index (χ4v) is 17.6. The summed E-state index contributed by atoms with van der Waals surface area (Å²) < 4.78 is 66.3. The molecule has 11 aliphatic carbocycles. The zero-order valence-corrected chi connectivity index (χ0v) is 50.2. The Bertz CT molecular complexity index is 2460. The number of cyclic esters (lactones) is 1. The molecule has 16 nitrogen and oxygen atoms in total. The van der Waals surface area contributed by atoms with Crippen LogP contribution in [0.5, 0.6) is 0 Å². The predicted octanol–water partition coefficient (Wildman–Crippen LogP) is 10.9. The lowest BCUT2D eigenvalue weighted by Gasteiger charge is -2.61. The summed E-state index contributed by atoms with van der Waals surface area (Å²) in [6, 6.07) is 0. The monoisotopic (exact) mass is 1140 g/mol. The van der Waals surface area contributed by atoms with Gasteiger partial charge in [-0.2, -0.15) is 8.42 Å². The zero-order valence-electron chi connectivity index (χ0n) is 49.4. The van der Waals surface area contributed by atoms with Crippen molar-refractivity contribution in [2.45, 2.75) is 212 Å². The van der Waals surface area contributed by atoms with Gasteiger partial charge >= 0.3 is 29.8 Å². The van der Waals surface area contributed by atoms with Gasteiger partial charge in [-0.15, -0.1) is 0 Å². The highest BCUT2D eigenvalue weighted by Crippen LogP contribution is 2.63. The lowest BCUT2D eigenvalue weighted by Crippen LogP contribution is -2.62. The van der Waals surface area contributed by atoms with E-state index < -0.39 is 28.2 Å². The zero-order chi connectivity index (χ0) is 58.1. The first-order chi connectivity index (χ1) is 37.0. The Labute approximate surface area is 476 Å². The third-order valence-corrected chi connectivity index (χ3v) is 21.3. The molecule has 2 heterocycles. The predicted molar refractivity (Wildman–Crippen MR) is 302 cm³/mol. The smallest absolute Gasteiger partial charge is 0.347 e. The van der Waals surface area contributed by atoms with Crippen LogP contribution in [0.1, 0.15) is 171 Å². The number of ether oxygens (including phenoxy) is 7. The van der Waals surface area contributed by atoms with Gasteiger partial charge in [-0.3, -0.25) is 4.18 Å². The number of carbonyl (C=O) groups excluding carboxylic acids is 5. The van der Waals surface area contributed by atoms with Crippen LogP contribution in [-0.2, 0) is 71.4 Å². The van der Waals surface area contributed by atoms with E-state index >= 15 is 0 Å².